The molecular weight excluding hydrogens is 328 g/mol. The molecule has 4 fully saturated rings. The first-order valence-electron chi connectivity index (χ1n) is 12.3. The first kappa shape index (κ1) is 20.0. The molecule has 4 saturated carbocycles. The van der Waals surface area contributed by atoms with Gasteiger partial charge in [0.1, 0.15) is 6.29 Å². The standard InChI is InChI=1S/C26H44O/c1-19(2)8-5-13-24(3)14-7-15-25(4)21-12-17-26(18-27)16-6-9-22(26)20(21)10-11-23(24)25/h18-23H,5-17H2,1-4H3. The quantitative estimate of drug-likeness (QED) is 0.458. The van der Waals surface area contributed by atoms with E-state index in [2.05, 4.69) is 27.7 Å². The third-order valence-corrected chi connectivity index (χ3v) is 10.4. The minimum Gasteiger partial charge on any atom is -0.303 e. The van der Waals surface area contributed by atoms with Crippen LogP contribution in [0.5, 0.6) is 0 Å². The Morgan fingerprint density at radius 3 is 2.48 bits per heavy atom. The summed E-state index contributed by atoms with van der Waals surface area (Å²) in [7, 11) is 0. The van der Waals surface area contributed by atoms with E-state index in [1.54, 1.807) is 0 Å². The van der Waals surface area contributed by atoms with Crippen LogP contribution in [0.25, 0.3) is 0 Å². The van der Waals surface area contributed by atoms with E-state index in [9.17, 15) is 4.79 Å². The van der Waals surface area contributed by atoms with E-state index in [4.69, 9.17) is 0 Å². The van der Waals surface area contributed by atoms with Crippen molar-refractivity contribution in [2.75, 3.05) is 0 Å². The third kappa shape index (κ3) is 3.14. The van der Waals surface area contributed by atoms with Crippen LogP contribution in [0.2, 0.25) is 0 Å². The normalized spacial score (nSPS) is 49.4. The maximum atomic E-state index is 12.1. The Morgan fingerprint density at radius 1 is 0.926 bits per heavy atom. The van der Waals surface area contributed by atoms with Gasteiger partial charge in [-0.3, -0.25) is 0 Å². The van der Waals surface area contributed by atoms with Gasteiger partial charge in [-0.1, -0.05) is 53.4 Å². The van der Waals surface area contributed by atoms with Crippen LogP contribution in [0, 0.1) is 45.8 Å². The van der Waals surface area contributed by atoms with Crippen molar-refractivity contribution in [2.45, 2.75) is 111 Å². The SMILES string of the molecule is CC(C)CCCC1(C)CCCC2(C)C3CCC4(C=O)CCCC4C3CCC12. The predicted octanol–water partition coefficient (Wildman–Crippen LogP) is 7.43. The van der Waals surface area contributed by atoms with Gasteiger partial charge in [0.15, 0.2) is 0 Å². The smallest absolute Gasteiger partial charge is 0.126 e. The molecule has 4 aliphatic rings. The molecule has 0 amide bonds. The molecule has 0 heterocycles. The lowest BCUT2D eigenvalue weighted by Gasteiger charge is -2.64. The summed E-state index contributed by atoms with van der Waals surface area (Å²) < 4.78 is 0. The summed E-state index contributed by atoms with van der Waals surface area (Å²) in [6.45, 7) is 10.1. The summed E-state index contributed by atoms with van der Waals surface area (Å²) in [5, 5.41) is 0. The Kier molecular flexibility index (Phi) is 5.30. The molecule has 0 bridgehead atoms. The Balaban J connectivity index is 1.55. The van der Waals surface area contributed by atoms with Crippen molar-refractivity contribution in [1.82, 2.24) is 0 Å². The molecule has 0 aromatic carbocycles. The molecule has 0 radical (unpaired) electrons. The van der Waals surface area contributed by atoms with Crippen LogP contribution in [0.3, 0.4) is 0 Å². The van der Waals surface area contributed by atoms with Crippen LogP contribution in [0.4, 0.5) is 0 Å². The van der Waals surface area contributed by atoms with Crippen LogP contribution in [-0.4, -0.2) is 6.29 Å². The lowest BCUT2D eigenvalue weighted by molar-refractivity contribution is -0.154. The lowest BCUT2D eigenvalue weighted by Crippen LogP contribution is -2.56. The summed E-state index contributed by atoms with van der Waals surface area (Å²) in [4.78, 5) is 12.1. The number of hydrogen-bond donors (Lipinski definition) is 0. The summed E-state index contributed by atoms with van der Waals surface area (Å²) in [6, 6.07) is 0. The van der Waals surface area contributed by atoms with Crippen molar-refractivity contribution in [3.8, 4) is 0 Å². The number of rotatable bonds is 5. The van der Waals surface area contributed by atoms with Crippen molar-refractivity contribution in [3.05, 3.63) is 0 Å². The molecule has 27 heavy (non-hydrogen) atoms. The van der Waals surface area contributed by atoms with Gasteiger partial charge in [0, 0.05) is 5.41 Å². The van der Waals surface area contributed by atoms with Gasteiger partial charge in [-0.15, -0.1) is 0 Å². The Labute approximate surface area is 168 Å². The lowest BCUT2D eigenvalue weighted by atomic mass is 9.41. The van der Waals surface area contributed by atoms with Gasteiger partial charge in [0.25, 0.3) is 0 Å². The van der Waals surface area contributed by atoms with Crippen LogP contribution in [0.1, 0.15) is 111 Å². The highest BCUT2D eigenvalue weighted by Gasteiger charge is 2.61. The summed E-state index contributed by atoms with van der Waals surface area (Å²) in [5.41, 5.74) is 1.20. The largest absolute Gasteiger partial charge is 0.303 e. The highest BCUT2D eigenvalue weighted by molar-refractivity contribution is 5.61. The van der Waals surface area contributed by atoms with Crippen molar-refractivity contribution in [1.29, 1.82) is 0 Å². The molecule has 0 aromatic heterocycles. The molecule has 4 aliphatic carbocycles. The Bertz CT molecular complexity index is 552. The number of carbonyl (C=O) groups excluding carboxylic acids is 1. The maximum absolute atomic E-state index is 12.1. The van der Waals surface area contributed by atoms with Crippen LogP contribution >= 0.6 is 0 Å². The fraction of sp³-hybridized carbons (Fsp3) is 0.962. The number of hydrogen-bond acceptors (Lipinski definition) is 1. The second kappa shape index (κ2) is 7.17. The minimum atomic E-state index is 0.0829. The van der Waals surface area contributed by atoms with Gasteiger partial charge >= 0.3 is 0 Å². The molecular formula is C26H44O. The first-order chi connectivity index (χ1) is 12.8. The van der Waals surface area contributed by atoms with Crippen molar-refractivity contribution in [2.24, 2.45) is 45.8 Å². The van der Waals surface area contributed by atoms with E-state index in [0.29, 0.717) is 10.8 Å². The van der Waals surface area contributed by atoms with Gasteiger partial charge < -0.3 is 4.79 Å². The number of carbonyl (C=O) groups is 1. The molecule has 4 rings (SSSR count). The summed E-state index contributed by atoms with van der Waals surface area (Å²) in [5.74, 6) is 4.25. The minimum absolute atomic E-state index is 0.0829. The van der Waals surface area contributed by atoms with Crippen molar-refractivity contribution in [3.63, 3.8) is 0 Å². The maximum Gasteiger partial charge on any atom is 0.126 e. The predicted molar refractivity (Wildman–Crippen MR) is 114 cm³/mol. The molecule has 154 valence electrons. The fourth-order valence-corrected chi connectivity index (χ4v) is 9.13. The van der Waals surface area contributed by atoms with E-state index < -0.39 is 0 Å². The molecule has 0 aromatic rings. The van der Waals surface area contributed by atoms with Gasteiger partial charge in [-0.05, 0) is 98.2 Å². The monoisotopic (exact) mass is 372 g/mol. The van der Waals surface area contributed by atoms with Gasteiger partial charge in [-0.25, -0.2) is 0 Å². The zero-order chi connectivity index (χ0) is 19.3. The highest BCUT2D eigenvalue weighted by atomic mass is 16.1. The third-order valence-electron chi connectivity index (χ3n) is 10.4. The van der Waals surface area contributed by atoms with E-state index >= 15 is 0 Å². The highest BCUT2D eigenvalue weighted by Crippen LogP contribution is 2.69. The molecule has 0 N–H and O–H groups in total. The molecule has 0 saturated heterocycles. The zero-order valence-electron chi connectivity index (χ0n) is 18.6. The van der Waals surface area contributed by atoms with Gasteiger partial charge in [0.2, 0.25) is 0 Å². The average molecular weight is 373 g/mol. The molecule has 0 aliphatic heterocycles. The Hall–Kier alpha value is -0.330. The molecule has 0 spiro atoms. The Morgan fingerprint density at radius 2 is 1.74 bits per heavy atom. The first-order valence-corrected chi connectivity index (χ1v) is 12.3. The molecule has 1 nitrogen and oxygen atoms in total. The molecule has 7 atom stereocenters. The zero-order valence-corrected chi connectivity index (χ0v) is 18.6. The summed E-state index contributed by atoms with van der Waals surface area (Å²) in [6.07, 6.45) is 19.3. The van der Waals surface area contributed by atoms with Crippen molar-refractivity contribution >= 4 is 6.29 Å². The van der Waals surface area contributed by atoms with Crippen LogP contribution in [-0.2, 0) is 4.79 Å². The second-order valence-electron chi connectivity index (χ2n) is 12.1. The van der Waals surface area contributed by atoms with E-state index in [1.807, 2.05) is 0 Å². The fourth-order valence-electron chi connectivity index (χ4n) is 9.13. The van der Waals surface area contributed by atoms with Crippen LogP contribution in [0.15, 0.2) is 0 Å². The van der Waals surface area contributed by atoms with E-state index in [1.165, 1.54) is 89.8 Å². The number of fused-ring (bicyclic) bond motifs is 5. The van der Waals surface area contributed by atoms with E-state index in [-0.39, 0.29) is 5.41 Å². The summed E-state index contributed by atoms with van der Waals surface area (Å²) >= 11 is 0. The van der Waals surface area contributed by atoms with Gasteiger partial charge in [0.05, 0.1) is 0 Å². The van der Waals surface area contributed by atoms with Crippen molar-refractivity contribution < 1.29 is 4.79 Å². The topological polar surface area (TPSA) is 17.1 Å². The second-order valence-corrected chi connectivity index (χ2v) is 12.1. The average Bonchev–Trinajstić information content (AvgIpc) is 3.06. The number of aldehydes is 1. The van der Waals surface area contributed by atoms with E-state index in [0.717, 1.165) is 29.6 Å². The molecule has 7 unspecified atom stereocenters. The van der Waals surface area contributed by atoms with Gasteiger partial charge in [-0.2, -0.15) is 0 Å². The van der Waals surface area contributed by atoms with Crippen LogP contribution < -0.4 is 0 Å². The molecule has 1 heteroatoms.